The van der Waals surface area contributed by atoms with Gasteiger partial charge in [-0.2, -0.15) is 6.08 Å². The van der Waals surface area contributed by atoms with E-state index in [1.807, 2.05) is 57.7 Å². The Morgan fingerprint density at radius 2 is 1.69 bits per heavy atom. The predicted molar refractivity (Wildman–Crippen MR) is 62.1 cm³/mol. The molecule has 0 aromatic rings. The zero-order chi connectivity index (χ0) is 10.3. The van der Waals surface area contributed by atoms with Crippen molar-refractivity contribution >= 4 is 49.0 Å². The van der Waals surface area contributed by atoms with Crippen LogP contribution in [0.4, 0.5) is 0 Å². The molecule has 0 N–H and O–H groups in total. The van der Waals surface area contributed by atoms with Gasteiger partial charge in [0.2, 0.25) is 0 Å². The van der Waals surface area contributed by atoms with Crippen molar-refractivity contribution in [2.75, 3.05) is 0 Å². The Kier molecular flexibility index (Phi) is 28.7. The van der Waals surface area contributed by atoms with E-state index in [-0.39, 0.29) is 51.0 Å². The zero-order valence-electron chi connectivity index (χ0n) is 9.59. The van der Waals surface area contributed by atoms with Gasteiger partial charge in [0.05, 0.1) is 0 Å². The van der Waals surface area contributed by atoms with Crippen LogP contribution in [-0.2, 0) is 26.2 Å². The minimum absolute atomic E-state index is 0. The molecule has 0 aliphatic heterocycles. The van der Waals surface area contributed by atoms with Gasteiger partial charge in [-0.25, -0.2) is 12.2 Å². The third-order valence-corrected chi connectivity index (χ3v) is 3.59. The Hall–Kier alpha value is 2.19. The van der Waals surface area contributed by atoms with E-state index < -0.39 is 0 Å². The summed E-state index contributed by atoms with van der Waals surface area (Å²) in [5, 5.41) is 0. The quantitative estimate of drug-likeness (QED) is 0.231. The molecule has 0 saturated heterocycles. The Morgan fingerprint density at radius 1 is 1.19 bits per heavy atom. The average molecular weight is 552 g/mol. The van der Waals surface area contributed by atoms with Crippen LogP contribution in [0.15, 0.2) is 27.3 Å². The topological polar surface area (TPSA) is 0 Å². The van der Waals surface area contributed by atoms with Crippen molar-refractivity contribution in [1.29, 1.82) is 0 Å². The molecule has 0 spiro atoms. The molecule has 0 fully saturated rings. The molecule has 0 bridgehead atoms. The number of hydrogen-bond donors (Lipinski definition) is 0. The SMILES string of the molecule is C[C](=[Sb])C(C)=[C](C)[Sb].[C-]1=CC=CC1.[Cl-].[Cl-].[Zr+3]. The summed E-state index contributed by atoms with van der Waals surface area (Å²) < 4.78 is 2.97. The number of halogens is 2. The second-order valence-corrected chi connectivity index (χ2v) is 6.63. The summed E-state index contributed by atoms with van der Waals surface area (Å²) in [5.41, 5.74) is 1.48. The van der Waals surface area contributed by atoms with Crippen LogP contribution in [0, 0.1) is 6.08 Å². The minimum atomic E-state index is 0. The van der Waals surface area contributed by atoms with Crippen molar-refractivity contribution in [3.63, 3.8) is 0 Å². The maximum atomic E-state index is 2.99. The Balaban J connectivity index is -0.0000000798. The van der Waals surface area contributed by atoms with E-state index >= 15 is 0 Å². The van der Waals surface area contributed by atoms with Crippen LogP contribution in [0.2, 0.25) is 0 Å². The second kappa shape index (κ2) is 17.2. The van der Waals surface area contributed by atoms with Crippen molar-refractivity contribution in [2.24, 2.45) is 0 Å². The standard InChI is InChI=1S/C6H9.C5H5.2ClH.2Sb.Zr/c1-4-6(3)5-2;1-2-4-5-3-1;;;;;/h1-3H3;1-3H,4H2;2*1H;;;/q;-1;;;;;+3/p-2. The van der Waals surface area contributed by atoms with E-state index in [0.717, 1.165) is 6.42 Å². The average Bonchev–Trinajstić information content (AvgIpc) is 2.59. The molecule has 0 unspecified atom stereocenters. The molecule has 1 aliphatic carbocycles. The summed E-state index contributed by atoms with van der Waals surface area (Å²) in [4.78, 5) is 0. The van der Waals surface area contributed by atoms with Crippen LogP contribution < -0.4 is 24.8 Å². The monoisotopic (exact) mass is 548 g/mol. The van der Waals surface area contributed by atoms with Gasteiger partial charge >= 0.3 is 105 Å². The summed E-state index contributed by atoms with van der Waals surface area (Å²) in [7, 11) is 0. The number of hydrogen-bond acceptors (Lipinski definition) is 0. The van der Waals surface area contributed by atoms with Crippen molar-refractivity contribution in [3.8, 4) is 0 Å². The normalized spacial score (nSPS) is 12.0. The van der Waals surface area contributed by atoms with Crippen LogP contribution >= 0.6 is 0 Å². The molecular formula is C11H14Cl2Sb2Zr. The Bertz CT molecular complexity index is 257. The van der Waals surface area contributed by atoms with Gasteiger partial charge in [-0.15, -0.1) is 6.42 Å². The summed E-state index contributed by atoms with van der Waals surface area (Å²) in [5.74, 6) is 0. The first kappa shape index (κ1) is 26.7. The maximum Gasteiger partial charge on any atom is 3.00 e. The first-order valence-electron chi connectivity index (χ1n) is 4.16. The minimum Gasteiger partial charge on any atom is -1.00 e. The summed E-state index contributed by atoms with van der Waals surface area (Å²) in [6, 6.07) is 0. The van der Waals surface area contributed by atoms with Gasteiger partial charge in [-0.05, 0) is 0 Å². The molecule has 0 heterocycles. The van der Waals surface area contributed by atoms with Crippen LogP contribution in [0.25, 0.3) is 0 Å². The zero-order valence-corrected chi connectivity index (χ0v) is 18.7. The van der Waals surface area contributed by atoms with E-state index in [1.165, 1.54) is 12.5 Å². The van der Waals surface area contributed by atoms with Gasteiger partial charge in [0.25, 0.3) is 0 Å². The molecular weight excluding hydrogens is 538 g/mol. The van der Waals surface area contributed by atoms with E-state index in [0.29, 0.717) is 0 Å². The van der Waals surface area contributed by atoms with Crippen LogP contribution in [-0.4, -0.2) is 49.0 Å². The van der Waals surface area contributed by atoms with E-state index in [2.05, 4.69) is 32.9 Å². The van der Waals surface area contributed by atoms with Crippen molar-refractivity contribution in [3.05, 3.63) is 33.4 Å². The Morgan fingerprint density at radius 3 is 1.75 bits per heavy atom. The van der Waals surface area contributed by atoms with Gasteiger partial charge in [0.15, 0.2) is 0 Å². The molecule has 0 atom stereocenters. The van der Waals surface area contributed by atoms with Gasteiger partial charge in [0, 0.05) is 0 Å². The number of rotatable bonds is 1. The van der Waals surface area contributed by atoms with Crippen LogP contribution in [0.3, 0.4) is 0 Å². The van der Waals surface area contributed by atoms with Gasteiger partial charge < -0.3 is 24.8 Å². The van der Waals surface area contributed by atoms with Crippen molar-refractivity contribution in [1.82, 2.24) is 0 Å². The molecule has 1 aliphatic rings. The van der Waals surface area contributed by atoms with E-state index in [4.69, 9.17) is 0 Å². The molecule has 0 nitrogen and oxygen atoms in total. The van der Waals surface area contributed by atoms with Crippen molar-refractivity contribution in [2.45, 2.75) is 27.2 Å². The Labute approximate surface area is 158 Å². The fraction of sp³-hybridized carbons (Fsp3) is 0.364. The summed E-state index contributed by atoms with van der Waals surface area (Å²) in [6.45, 7) is 6.53. The van der Waals surface area contributed by atoms with E-state index in [1.54, 1.807) is 0 Å². The largest absolute Gasteiger partial charge is 3.00 e. The molecule has 1 rings (SSSR count). The molecule has 0 saturated carbocycles. The summed E-state index contributed by atoms with van der Waals surface area (Å²) >= 11 is 3.63. The third kappa shape index (κ3) is 16.2. The second-order valence-electron chi connectivity index (χ2n) is 2.80. The number of allylic oxidation sites excluding steroid dienone is 6. The molecule has 0 aromatic heterocycles. The maximum absolute atomic E-state index is 2.99. The van der Waals surface area contributed by atoms with Gasteiger partial charge in [-0.1, -0.05) is 0 Å². The molecule has 86 valence electrons. The fourth-order valence-corrected chi connectivity index (χ4v) is 2.34. The first-order valence-corrected chi connectivity index (χ1v) is 6.72. The van der Waals surface area contributed by atoms with Crippen LogP contribution in [0.1, 0.15) is 27.2 Å². The van der Waals surface area contributed by atoms with Crippen LogP contribution in [0.5, 0.6) is 0 Å². The smallest absolute Gasteiger partial charge is 1.00 e. The molecule has 4 radical (unpaired) electrons. The van der Waals surface area contributed by atoms with Gasteiger partial charge in [0.1, 0.15) is 0 Å². The molecule has 16 heavy (non-hydrogen) atoms. The molecule has 0 amide bonds. The predicted octanol–water partition coefficient (Wildman–Crippen LogP) is -3.88. The third-order valence-electron chi connectivity index (χ3n) is 1.67. The molecule has 5 heteroatoms. The van der Waals surface area contributed by atoms with Gasteiger partial charge in [-0.3, -0.25) is 6.08 Å². The first-order chi connectivity index (χ1) is 6.05. The molecule has 0 aromatic carbocycles. The summed E-state index contributed by atoms with van der Waals surface area (Å²) in [6.07, 6.45) is 10.0. The fourth-order valence-electron chi connectivity index (χ4n) is 0.602. The van der Waals surface area contributed by atoms with E-state index in [9.17, 15) is 0 Å². The van der Waals surface area contributed by atoms with Crippen molar-refractivity contribution < 1.29 is 51.0 Å².